The van der Waals surface area contributed by atoms with Crippen molar-refractivity contribution in [2.45, 2.75) is 13.5 Å². The van der Waals surface area contributed by atoms with Crippen LogP contribution in [0.3, 0.4) is 0 Å². The average Bonchev–Trinajstić information content (AvgIpc) is 3.13. The SMILES string of the molecule is Cc1c(/C=C2\C(=O)NC(=S)N(c3ccccc3F)C2=O)c2ccccc2n1Cc1ccccc1C#N. The lowest BCUT2D eigenvalue weighted by Gasteiger charge is -2.29. The number of benzene rings is 3. The topological polar surface area (TPSA) is 78.1 Å². The average molecular weight is 495 g/mol. The van der Waals surface area contributed by atoms with Crippen LogP contribution in [0.15, 0.2) is 78.4 Å². The molecule has 0 aliphatic carbocycles. The van der Waals surface area contributed by atoms with Crippen molar-refractivity contribution in [1.29, 1.82) is 5.26 Å². The highest BCUT2D eigenvalue weighted by Crippen LogP contribution is 2.31. The van der Waals surface area contributed by atoms with E-state index in [1.807, 2.05) is 54.0 Å². The number of nitriles is 1. The van der Waals surface area contributed by atoms with Gasteiger partial charge in [0.2, 0.25) is 0 Å². The Morgan fingerprint density at radius 1 is 1.03 bits per heavy atom. The quantitative estimate of drug-likeness (QED) is 0.250. The van der Waals surface area contributed by atoms with Gasteiger partial charge < -0.3 is 4.57 Å². The summed E-state index contributed by atoms with van der Waals surface area (Å²) < 4.78 is 16.5. The van der Waals surface area contributed by atoms with Crippen LogP contribution in [0.4, 0.5) is 10.1 Å². The highest BCUT2D eigenvalue weighted by atomic mass is 32.1. The number of amides is 2. The number of fused-ring (bicyclic) bond motifs is 1. The number of para-hydroxylation sites is 2. The minimum absolute atomic E-state index is 0.0364. The normalized spacial score (nSPS) is 14.9. The van der Waals surface area contributed by atoms with Gasteiger partial charge in [0.15, 0.2) is 5.11 Å². The molecule has 1 aliphatic heterocycles. The van der Waals surface area contributed by atoms with Crippen LogP contribution in [0.1, 0.15) is 22.4 Å². The zero-order valence-electron chi connectivity index (χ0n) is 19.2. The van der Waals surface area contributed by atoms with Crippen LogP contribution < -0.4 is 10.2 Å². The van der Waals surface area contributed by atoms with Gasteiger partial charge in [-0.3, -0.25) is 14.9 Å². The minimum Gasteiger partial charge on any atom is -0.340 e. The molecule has 0 bridgehead atoms. The molecule has 176 valence electrons. The third kappa shape index (κ3) is 3.85. The Labute approximate surface area is 211 Å². The zero-order chi connectivity index (χ0) is 25.4. The van der Waals surface area contributed by atoms with Crippen molar-refractivity contribution in [2.75, 3.05) is 4.90 Å². The second kappa shape index (κ2) is 9.21. The van der Waals surface area contributed by atoms with E-state index >= 15 is 0 Å². The number of hydrogen-bond donors (Lipinski definition) is 1. The van der Waals surface area contributed by atoms with Crippen molar-refractivity contribution in [1.82, 2.24) is 9.88 Å². The van der Waals surface area contributed by atoms with Crippen LogP contribution in [0, 0.1) is 24.1 Å². The van der Waals surface area contributed by atoms with Crippen molar-refractivity contribution in [3.63, 3.8) is 0 Å². The fourth-order valence-corrected chi connectivity index (χ4v) is 4.71. The fourth-order valence-electron chi connectivity index (χ4n) is 4.43. The van der Waals surface area contributed by atoms with Crippen molar-refractivity contribution in [2.24, 2.45) is 0 Å². The lowest BCUT2D eigenvalue weighted by atomic mass is 10.0. The number of rotatable bonds is 4. The van der Waals surface area contributed by atoms with Gasteiger partial charge in [-0.2, -0.15) is 5.26 Å². The maximum Gasteiger partial charge on any atom is 0.270 e. The van der Waals surface area contributed by atoms with Gasteiger partial charge in [-0.15, -0.1) is 0 Å². The van der Waals surface area contributed by atoms with Crippen LogP contribution in [0.5, 0.6) is 0 Å². The number of thiocarbonyl (C=S) groups is 1. The van der Waals surface area contributed by atoms with Crippen molar-refractivity contribution in [3.8, 4) is 6.07 Å². The Bertz CT molecular complexity index is 1650. The molecule has 1 saturated heterocycles. The molecule has 1 aromatic heterocycles. The summed E-state index contributed by atoms with van der Waals surface area (Å²) >= 11 is 5.19. The molecule has 1 aliphatic rings. The Morgan fingerprint density at radius 2 is 1.72 bits per heavy atom. The molecule has 0 unspecified atom stereocenters. The number of anilines is 1. The highest BCUT2D eigenvalue weighted by Gasteiger charge is 2.36. The molecular formula is C28H19FN4O2S. The Kier molecular flexibility index (Phi) is 5.92. The predicted molar refractivity (Wildman–Crippen MR) is 140 cm³/mol. The van der Waals surface area contributed by atoms with E-state index in [0.717, 1.165) is 27.1 Å². The standard InChI is InChI=1S/C28H19FN4O2S/c1-17-21(14-22-26(34)31-28(36)33(27(22)35)25-13-7-5-11-23(25)29)20-10-4-6-12-24(20)32(17)16-19-9-3-2-8-18(19)15-30/h2-14H,16H2,1H3,(H,31,34,36)/b22-14+. The van der Waals surface area contributed by atoms with E-state index in [0.29, 0.717) is 17.7 Å². The number of nitrogens with one attached hydrogen (secondary N) is 1. The summed E-state index contributed by atoms with van der Waals surface area (Å²) in [6.07, 6.45) is 1.53. The molecular weight excluding hydrogens is 475 g/mol. The number of carbonyl (C=O) groups is 2. The van der Waals surface area contributed by atoms with Crippen LogP contribution in [-0.2, 0) is 16.1 Å². The lowest BCUT2D eigenvalue weighted by Crippen LogP contribution is -2.54. The van der Waals surface area contributed by atoms with E-state index in [2.05, 4.69) is 11.4 Å². The van der Waals surface area contributed by atoms with E-state index in [4.69, 9.17) is 12.2 Å². The maximum absolute atomic E-state index is 14.5. The monoisotopic (exact) mass is 494 g/mol. The summed E-state index contributed by atoms with van der Waals surface area (Å²) in [7, 11) is 0. The van der Waals surface area contributed by atoms with Gasteiger partial charge >= 0.3 is 0 Å². The summed E-state index contributed by atoms with van der Waals surface area (Å²) in [5, 5.41) is 12.7. The molecule has 2 amide bonds. The fraction of sp³-hybridized carbons (Fsp3) is 0.0714. The maximum atomic E-state index is 14.5. The summed E-state index contributed by atoms with van der Waals surface area (Å²) in [6, 6.07) is 23.0. The second-order valence-electron chi connectivity index (χ2n) is 8.28. The van der Waals surface area contributed by atoms with Crippen LogP contribution >= 0.6 is 12.2 Å². The van der Waals surface area contributed by atoms with Gasteiger partial charge in [0.1, 0.15) is 11.4 Å². The van der Waals surface area contributed by atoms with Crippen molar-refractivity contribution >= 4 is 51.8 Å². The zero-order valence-corrected chi connectivity index (χ0v) is 20.0. The molecule has 0 radical (unpaired) electrons. The summed E-state index contributed by atoms with van der Waals surface area (Å²) in [6.45, 7) is 2.33. The molecule has 0 spiro atoms. The molecule has 2 heterocycles. The first-order chi connectivity index (χ1) is 17.4. The van der Waals surface area contributed by atoms with Gasteiger partial charge in [0, 0.05) is 28.7 Å². The van der Waals surface area contributed by atoms with Crippen molar-refractivity contribution in [3.05, 3.63) is 107 Å². The summed E-state index contributed by atoms with van der Waals surface area (Å²) in [4.78, 5) is 27.3. The Morgan fingerprint density at radius 3 is 2.50 bits per heavy atom. The molecule has 0 atom stereocenters. The summed E-state index contributed by atoms with van der Waals surface area (Å²) in [5.74, 6) is -1.99. The number of hydrogen-bond acceptors (Lipinski definition) is 4. The second-order valence-corrected chi connectivity index (χ2v) is 8.67. The molecule has 5 rings (SSSR count). The van der Waals surface area contributed by atoms with Crippen molar-refractivity contribution < 1.29 is 14.0 Å². The first-order valence-corrected chi connectivity index (χ1v) is 11.5. The molecule has 6 nitrogen and oxygen atoms in total. The van der Waals surface area contributed by atoms with E-state index < -0.39 is 17.6 Å². The number of halogens is 1. The minimum atomic E-state index is -0.708. The Balaban J connectivity index is 1.64. The van der Waals surface area contributed by atoms with E-state index in [-0.39, 0.29) is 16.4 Å². The number of aromatic nitrogens is 1. The van der Waals surface area contributed by atoms with Gasteiger partial charge in [0.25, 0.3) is 11.8 Å². The lowest BCUT2D eigenvalue weighted by molar-refractivity contribution is -0.122. The summed E-state index contributed by atoms with van der Waals surface area (Å²) in [5.41, 5.74) is 3.61. The highest BCUT2D eigenvalue weighted by molar-refractivity contribution is 7.80. The first-order valence-electron chi connectivity index (χ1n) is 11.1. The van der Waals surface area contributed by atoms with E-state index in [1.165, 1.54) is 24.3 Å². The largest absolute Gasteiger partial charge is 0.340 e. The van der Waals surface area contributed by atoms with Crippen LogP contribution in [-0.4, -0.2) is 21.5 Å². The van der Waals surface area contributed by atoms with Crippen LogP contribution in [0.25, 0.3) is 17.0 Å². The number of nitrogens with zero attached hydrogens (tertiary/aromatic N) is 3. The van der Waals surface area contributed by atoms with E-state index in [9.17, 15) is 19.2 Å². The molecule has 3 aromatic carbocycles. The van der Waals surface area contributed by atoms with Gasteiger partial charge in [-0.05, 0) is 55.0 Å². The molecule has 36 heavy (non-hydrogen) atoms. The molecule has 0 saturated carbocycles. The smallest absolute Gasteiger partial charge is 0.270 e. The van der Waals surface area contributed by atoms with E-state index in [1.54, 1.807) is 12.1 Å². The predicted octanol–water partition coefficient (Wildman–Crippen LogP) is 4.84. The molecule has 1 fully saturated rings. The molecule has 8 heteroatoms. The third-order valence-corrected chi connectivity index (χ3v) is 6.51. The van der Waals surface area contributed by atoms with Gasteiger partial charge in [-0.25, -0.2) is 9.29 Å². The molecule has 1 N–H and O–H groups in total. The van der Waals surface area contributed by atoms with Gasteiger partial charge in [0.05, 0.1) is 17.3 Å². The first kappa shape index (κ1) is 23.1. The number of carbonyl (C=O) groups excluding carboxylic acids is 2. The third-order valence-electron chi connectivity index (χ3n) is 6.23. The van der Waals surface area contributed by atoms with Crippen LogP contribution in [0.2, 0.25) is 0 Å². The molecule has 4 aromatic rings. The Hall–Kier alpha value is -4.61. The van der Waals surface area contributed by atoms with Gasteiger partial charge in [-0.1, -0.05) is 48.5 Å².